The van der Waals surface area contributed by atoms with Crippen LogP contribution in [-0.2, 0) is 16.1 Å². The number of hydrogen-bond acceptors (Lipinski definition) is 5. The van der Waals surface area contributed by atoms with Crippen molar-refractivity contribution in [3.8, 4) is 0 Å². The molecule has 0 spiro atoms. The number of thiophene rings is 1. The van der Waals surface area contributed by atoms with Gasteiger partial charge in [-0.05, 0) is 24.3 Å². The molecule has 0 bridgehead atoms. The highest BCUT2D eigenvalue weighted by Gasteiger charge is 2.18. The second-order valence-electron chi connectivity index (χ2n) is 4.77. The van der Waals surface area contributed by atoms with Crippen molar-refractivity contribution in [3.63, 3.8) is 0 Å². The summed E-state index contributed by atoms with van der Waals surface area (Å²) in [5.74, 6) is -1.25. The van der Waals surface area contributed by atoms with E-state index in [0.717, 1.165) is 4.88 Å². The Kier molecular flexibility index (Phi) is 6.36. The number of carbonyl (C=O) groups excluding carboxylic acids is 3. The van der Waals surface area contributed by atoms with Crippen molar-refractivity contribution < 1.29 is 19.1 Å². The summed E-state index contributed by atoms with van der Waals surface area (Å²) in [4.78, 5) is 36.2. The maximum atomic E-state index is 12.1. The molecule has 1 amide bonds. The van der Waals surface area contributed by atoms with Gasteiger partial charge in [0.05, 0.1) is 27.0 Å². The molecule has 0 unspecified atom stereocenters. The van der Waals surface area contributed by atoms with Crippen LogP contribution in [-0.4, -0.2) is 24.3 Å². The van der Waals surface area contributed by atoms with Crippen molar-refractivity contribution in [2.45, 2.75) is 13.5 Å². The van der Waals surface area contributed by atoms with Crippen molar-refractivity contribution >= 4 is 52.2 Å². The van der Waals surface area contributed by atoms with Gasteiger partial charge < -0.3 is 10.1 Å². The number of amides is 1. The van der Waals surface area contributed by atoms with E-state index >= 15 is 0 Å². The lowest BCUT2D eigenvalue weighted by molar-refractivity contribution is -0.119. The number of hydrogen-bond donors (Lipinski definition) is 1. The van der Waals surface area contributed by atoms with Crippen LogP contribution in [0.1, 0.15) is 31.8 Å². The van der Waals surface area contributed by atoms with Crippen LogP contribution in [0.15, 0.2) is 30.3 Å². The van der Waals surface area contributed by atoms with E-state index in [4.69, 9.17) is 27.9 Å². The molecule has 0 aliphatic rings. The van der Waals surface area contributed by atoms with Crippen molar-refractivity contribution in [1.29, 1.82) is 0 Å². The summed E-state index contributed by atoms with van der Waals surface area (Å²) in [7, 11) is 0. The monoisotopic (exact) mass is 385 g/mol. The molecule has 24 heavy (non-hydrogen) atoms. The lowest BCUT2D eigenvalue weighted by Crippen LogP contribution is -2.18. The molecule has 2 aromatic rings. The molecule has 0 saturated heterocycles. The lowest BCUT2D eigenvalue weighted by Gasteiger charge is -2.06. The van der Waals surface area contributed by atoms with E-state index in [2.05, 4.69) is 5.32 Å². The summed E-state index contributed by atoms with van der Waals surface area (Å²) in [5.41, 5.74) is 0.0335. The highest BCUT2D eigenvalue weighted by atomic mass is 35.5. The fourth-order valence-corrected chi connectivity index (χ4v) is 3.23. The Hall–Kier alpha value is -1.89. The molecule has 0 saturated carbocycles. The molecule has 0 radical (unpaired) electrons. The molecule has 1 aromatic heterocycles. The SMILES string of the molecule is CC(=O)NCc1ccc(C(=O)COC(=O)c2c(Cl)cccc2Cl)s1. The Morgan fingerprint density at radius 3 is 2.42 bits per heavy atom. The van der Waals surface area contributed by atoms with Crippen LogP contribution in [0.2, 0.25) is 10.0 Å². The first-order valence-electron chi connectivity index (χ1n) is 6.86. The van der Waals surface area contributed by atoms with Crippen molar-refractivity contribution in [2.75, 3.05) is 6.61 Å². The van der Waals surface area contributed by atoms with E-state index in [0.29, 0.717) is 11.4 Å². The number of Topliss-reactive ketones (excluding diaryl/α,β-unsaturated/α-hetero) is 1. The van der Waals surface area contributed by atoms with Crippen LogP contribution >= 0.6 is 34.5 Å². The maximum Gasteiger partial charge on any atom is 0.341 e. The van der Waals surface area contributed by atoms with Crippen molar-refractivity contribution in [1.82, 2.24) is 5.32 Å². The van der Waals surface area contributed by atoms with E-state index in [9.17, 15) is 14.4 Å². The summed E-state index contributed by atoms with van der Waals surface area (Å²) in [6, 6.07) is 7.99. The van der Waals surface area contributed by atoms with Gasteiger partial charge in [-0.2, -0.15) is 0 Å². The molecule has 0 atom stereocenters. The highest BCUT2D eigenvalue weighted by Crippen LogP contribution is 2.25. The van der Waals surface area contributed by atoms with Gasteiger partial charge in [0.25, 0.3) is 0 Å². The van der Waals surface area contributed by atoms with E-state index in [-0.39, 0.29) is 27.3 Å². The summed E-state index contributed by atoms with van der Waals surface area (Å²) in [5, 5.41) is 2.97. The lowest BCUT2D eigenvalue weighted by atomic mass is 10.2. The molecule has 8 heteroatoms. The Morgan fingerprint density at radius 2 is 1.79 bits per heavy atom. The summed E-state index contributed by atoms with van der Waals surface area (Å²) >= 11 is 13.1. The maximum absolute atomic E-state index is 12.1. The number of nitrogens with one attached hydrogen (secondary N) is 1. The smallest absolute Gasteiger partial charge is 0.341 e. The van der Waals surface area contributed by atoms with Crippen LogP contribution in [0.4, 0.5) is 0 Å². The topological polar surface area (TPSA) is 72.5 Å². The van der Waals surface area contributed by atoms with Crippen molar-refractivity contribution in [3.05, 3.63) is 55.7 Å². The number of carbonyl (C=O) groups is 3. The summed E-state index contributed by atoms with van der Waals surface area (Å²) in [6.45, 7) is 1.35. The minimum absolute atomic E-state index is 0.0335. The van der Waals surface area contributed by atoms with Crippen LogP contribution in [0, 0.1) is 0 Å². The fraction of sp³-hybridized carbons (Fsp3) is 0.188. The first kappa shape index (κ1) is 18.4. The zero-order chi connectivity index (χ0) is 17.7. The highest BCUT2D eigenvalue weighted by molar-refractivity contribution is 7.14. The molecule has 0 fully saturated rings. The normalized spacial score (nSPS) is 10.3. The third-order valence-electron chi connectivity index (χ3n) is 2.95. The van der Waals surface area contributed by atoms with Crippen molar-refractivity contribution in [2.24, 2.45) is 0 Å². The number of esters is 1. The van der Waals surface area contributed by atoms with Crippen LogP contribution in [0.5, 0.6) is 0 Å². The predicted molar refractivity (Wildman–Crippen MR) is 92.9 cm³/mol. The molecule has 1 aromatic carbocycles. The molecule has 126 valence electrons. The number of benzene rings is 1. The minimum Gasteiger partial charge on any atom is -0.454 e. The largest absolute Gasteiger partial charge is 0.454 e. The van der Waals surface area contributed by atoms with Gasteiger partial charge in [-0.1, -0.05) is 29.3 Å². The average Bonchev–Trinajstić information content (AvgIpc) is 2.99. The molecular weight excluding hydrogens is 373 g/mol. The summed E-state index contributed by atoms with van der Waals surface area (Å²) in [6.07, 6.45) is 0. The van der Waals surface area contributed by atoms with Gasteiger partial charge >= 0.3 is 5.97 Å². The molecular formula is C16H13Cl2NO4S. The molecule has 1 N–H and O–H groups in total. The zero-order valence-corrected chi connectivity index (χ0v) is 14.9. The first-order valence-corrected chi connectivity index (χ1v) is 8.43. The molecule has 0 aliphatic heterocycles. The second-order valence-corrected chi connectivity index (χ2v) is 6.75. The Labute approximate surface area is 152 Å². The Morgan fingerprint density at radius 1 is 1.12 bits per heavy atom. The number of ether oxygens (including phenoxy) is 1. The van der Waals surface area contributed by atoms with Gasteiger partial charge in [0.15, 0.2) is 6.61 Å². The number of halogens is 2. The van der Waals surface area contributed by atoms with Gasteiger partial charge in [0.2, 0.25) is 11.7 Å². The standard InChI is InChI=1S/C16H13Cl2NO4S/c1-9(20)19-7-10-5-6-14(24-10)13(21)8-23-16(22)15-11(17)3-2-4-12(15)18/h2-6H,7-8H2,1H3,(H,19,20). The minimum atomic E-state index is -0.756. The van der Waals surface area contributed by atoms with E-state index in [1.54, 1.807) is 18.2 Å². The fourth-order valence-electron chi connectivity index (χ4n) is 1.80. The molecule has 2 rings (SSSR count). The zero-order valence-electron chi connectivity index (χ0n) is 12.6. The third-order valence-corrected chi connectivity index (χ3v) is 4.71. The average molecular weight is 386 g/mol. The molecule has 0 aliphatic carbocycles. The van der Waals surface area contributed by atoms with E-state index in [1.807, 2.05) is 0 Å². The van der Waals surface area contributed by atoms with E-state index < -0.39 is 12.6 Å². The van der Waals surface area contributed by atoms with Gasteiger partial charge in [-0.25, -0.2) is 4.79 Å². The predicted octanol–water partition coefficient (Wildman–Crippen LogP) is 3.73. The van der Waals surface area contributed by atoms with Gasteiger partial charge in [0, 0.05) is 11.8 Å². The van der Waals surface area contributed by atoms with Gasteiger partial charge in [0.1, 0.15) is 0 Å². The quantitative estimate of drug-likeness (QED) is 0.607. The van der Waals surface area contributed by atoms with E-state index in [1.165, 1.54) is 30.4 Å². The Bertz CT molecular complexity index is 768. The molecule has 1 heterocycles. The van der Waals surface area contributed by atoms with Gasteiger partial charge in [-0.3, -0.25) is 9.59 Å². The second kappa shape index (κ2) is 8.28. The van der Waals surface area contributed by atoms with Gasteiger partial charge in [-0.15, -0.1) is 11.3 Å². The number of rotatable bonds is 6. The molecule has 5 nitrogen and oxygen atoms in total. The van der Waals surface area contributed by atoms with Crippen LogP contribution < -0.4 is 5.32 Å². The third kappa shape index (κ3) is 4.80. The van der Waals surface area contributed by atoms with Crippen LogP contribution in [0.25, 0.3) is 0 Å². The Balaban J connectivity index is 1.96. The summed E-state index contributed by atoms with van der Waals surface area (Å²) < 4.78 is 4.99. The van der Waals surface area contributed by atoms with Crippen LogP contribution in [0.3, 0.4) is 0 Å². The number of ketones is 1. The first-order chi connectivity index (χ1) is 11.4.